The molecule has 1 amide bonds. The Kier molecular flexibility index (Phi) is 3.20. The van der Waals surface area contributed by atoms with Crippen LogP contribution in [0, 0.1) is 5.92 Å². The summed E-state index contributed by atoms with van der Waals surface area (Å²) in [6.07, 6.45) is 0.948. The predicted octanol–water partition coefficient (Wildman–Crippen LogP) is 0.277. The summed E-state index contributed by atoms with van der Waals surface area (Å²) in [5.74, 6) is 0.368. The van der Waals surface area contributed by atoms with E-state index in [0.29, 0.717) is 25.6 Å². The molecule has 17 heavy (non-hydrogen) atoms. The third kappa shape index (κ3) is 2.20. The van der Waals surface area contributed by atoms with Gasteiger partial charge in [0.15, 0.2) is 0 Å². The minimum Gasteiger partial charge on any atom is -0.338 e. The molecule has 2 aliphatic rings. The summed E-state index contributed by atoms with van der Waals surface area (Å²) in [4.78, 5) is 13.3. The lowest BCUT2D eigenvalue weighted by atomic mass is 10.0. The molecular formula is C11H20N2O3S. The molecule has 98 valence electrons. The number of likely N-dealkylation sites (tertiary alicyclic amines) is 1. The van der Waals surface area contributed by atoms with E-state index < -0.39 is 10.0 Å². The molecule has 0 aromatic carbocycles. The van der Waals surface area contributed by atoms with Crippen molar-refractivity contribution in [3.05, 3.63) is 0 Å². The number of hydrogen-bond donors (Lipinski definition) is 0. The van der Waals surface area contributed by atoms with Crippen molar-refractivity contribution < 1.29 is 13.2 Å². The van der Waals surface area contributed by atoms with Crippen molar-refractivity contribution in [2.75, 3.05) is 19.6 Å². The van der Waals surface area contributed by atoms with E-state index in [1.165, 1.54) is 0 Å². The van der Waals surface area contributed by atoms with Crippen LogP contribution in [-0.2, 0) is 14.8 Å². The average Bonchev–Trinajstić information content (AvgIpc) is 2.53. The normalized spacial score (nSPS) is 30.0. The highest BCUT2D eigenvalue weighted by molar-refractivity contribution is 7.89. The molecule has 2 unspecified atom stereocenters. The fourth-order valence-electron chi connectivity index (χ4n) is 2.81. The van der Waals surface area contributed by atoms with Crippen LogP contribution in [-0.4, -0.2) is 54.5 Å². The molecule has 0 aliphatic carbocycles. The second-order valence-corrected chi connectivity index (χ2v) is 7.83. The minimum atomic E-state index is -3.18. The van der Waals surface area contributed by atoms with E-state index in [1.54, 1.807) is 25.1 Å². The SMILES string of the molecule is CC(=O)N1CC2CC1CN(S(=O)(=O)C(C)C)C2. The van der Waals surface area contributed by atoms with E-state index in [-0.39, 0.29) is 17.2 Å². The van der Waals surface area contributed by atoms with E-state index in [4.69, 9.17) is 0 Å². The van der Waals surface area contributed by atoms with Crippen molar-refractivity contribution in [2.45, 2.75) is 38.5 Å². The Morgan fingerprint density at radius 2 is 1.88 bits per heavy atom. The van der Waals surface area contributed by atoms with E-state index in [0.717, 1.165) is 6.42 Å². The zero-order valence-corrected chi connectivity index (χ0v) is 11.4. The zero-order chi connectivity index (χ0) is 12.8. The Balaban J connectivity index is 2.16. The number of rotatable bonds is 2. The highest BCUT2D eigenvalue weighted by Gasteiger charge is 2.43. The Morgan fingerprint density at radius 1 is 1.24 bits per heavy atom. The maximum Gasteiger partial charge on any atom is 0.219 e. The Bertz CT molecular complexity index is 418. The lowest BCUT2D eigenvalue weighted by Gasteiger charge is -2.32. The van der Waals surface area contributed by atoms with Gasteiger partial charge in [-0.3, -0.25) is 4.79 Å². The Morgan fingerprint density at radius 3 is 2.41 bits per heavy atom. The van der Waals surface area contributed by atoms with Crippen LogP contribution in [0.3, 0.4) is 0 Å². The monoisotopic (exact) mass is 260 g/mol. The van der Waals surface area contributed by atoms with Crippen LogP contribution in [0.15, 0.2) is 0 Å². The van der Waals surface area contributed by atoms with Crippen LogP contribution in [0.1, 0.15) is 27.2 Å². The fraction of sp³-hybridized carbons (Fsp3) is 0.909. The van der Waals surface area contributed by atoms with Crippen molar-refractivity contribution in [1.29, 1.82) is 0 Å². The van der Waals surface area contributed by atoms with Gasteiger partial charge in [0.05, 0.1) is 5.25 Å². The van der Waals surface area contributed by atoms with Crippen LogP contribution in [0.25, 0.3) is 0 Å². The number of carbonyl (C=O) groups excluding carboxylic acids is 1. The standard InChI is InChI=1S/C11H20N2O3S/c1-8(2)17(15,16)12-5-10-4-11(7-12)13(6-10)9(3)14/h8,10-11H,4-7H2,1-3H3. The van der Waals surface area contributed by atoms with Gasteiger partial charge in [-0.05, 0) is 26.2 Å². The molecule has 2 heterocycles. The third-order valence-electron chi connectivity index (χ3n) is 3.74. The Labute approximate surface area is 103 Å². The number of amides is 1. The molecule has 2 aliphatic heterocycles. The first-order chi connectivity index (χ1) is 7.82. The molecule has 0 saturated carbocycles. The number of nitrogens with zero attached hydrogens (tertiary/aromatic N) is 2. The smallest absolute Gasteiger partial charge is 0.219 e. The quantitative estimate of drug-likeness (QED) is 0.716. The fourth-order valence-corrected chi connectivity index (χ4v) is 4.20. The number of carbonyl (C=O) groups is 1. The summed E-state index contributed by atoms with van der Waals surface area (Å²) in [5.41, 5.74) is 0. The van der Waals surface area contributed by atoms with Gasteiger partial charge in [0.25, 0.3) is 0 Å². The first-order valence-corrected chi connectivity index (χ1v) is 7.59. The number of piperidine rings is 1. The first kappa shape index (κ1) is 12.8. The maximum atomic E-state index is 12.1. The van der Waals surface area contributed by atoms with E-state index >= 15 is 0 Å². The van der Waals surface area contributed by atoms with Crippen molar-refractivity contribution in [2.24, 2.45) is 5.92 Å². The lowest BCUT2D eigenvalue weighted by Crippen LogP contribution is -2.48. The summed E-state index contributed by atoms with van der Waals surface area (Å²) in [5, 5.41) is -0.384. The summed E-state index contributed by atoms with van der Waals surface area (Å²) < 4.78 is 25.8. The molecule has 2 bridgehead atoms. The number of hydrogen-bond acceptors (Lipinski definition) is 3. The highest BCUT2D eigenvalue weighted by Crippen LogP contribution is 2.31. The first-order valence-electron chi connectivity index (χ1n) is 6.08. The van der Waals surface area contributed by atoms with Crippen LogP contribution in [0.2, 0.25) is 0 Å². The van der Waals surface area contributed by atoms with Crippen LogP contribution in [0.5, 0.6) is 0 Å². The van der Waals surface area contributed by atoms with Gasteiger partial charge in [-0.1, -0.05) is 0 Å². The molecular weight excluding hydrogens is 240 g/mol. The zero-order valence-electron chi connectivity index (χ0n) is 10.6. The van der Waals surface area contributed by atoms with E-state index in [2.05, 4.69) is 0 Å². The molecule has 6 heteroatoms. The number of sulfonamides is 1. The molecule has 0 aromatic rings. The van der Waals surface area contributed by atoms with Gasteiger partial charge in [0.1, 0.15) is 0 Å². The second kappa shape index (κ2) is 4.24. The summed E-state index contributed by atoms with van der Waals surface area (Å²) in [6, 6.07) is 0.0831. The molecule has 0 spiro atoms. The molecule has 0 radical (unpaired) electrons. The van der Waals surface area contributed by atoms with Crippen molar-refractivity contribution >= 4 is 15.9 Å². The molecule has 2 rings (SSSR count). The average molecular weight is 260 g/mol. The van der Waals surface area contributed by atoms with E-state index in [1.807, 2.05) is 4.90 Å². The van der Waals surface area contributed by atoms with Crippen molar-refractivity contribution in [3.8, 4) is 0 Å². The predicted molar refractivity (Wildman–Crippen MR) is 64.9 cm³/mol. The maximum absolute atomic E-state index is 12.1. The molecule has 2 atom stereocenters. The summed E-state index contributed by atoms with van der Waals surface area (Å²) in [6.45, 7) is 6.71. The molecule has 2 saturated heterocycles. The Hall–Kier alpha value is -0.620. The van der Waals surface area contributed by atoms with Gasteiger partial charge in [-0.25, -0.2) is 8.42 Å². The lowest BCUT2D eigenvalue weighted by molar-refractivity contribution is -0.129. The largest absolute Gasteiger partial charge is 0.338 e. The topological polar surface area (TPSA) is 57.7 Å². The highest BCUT2D eigenvalue weighted by atomic mass is 32.2. The van der Waals surface area contributed by atoms with Gasteiger partial charge in [0.2, 0.25) is 15.9 Å². The molecule has 0 aromatic heterocycles. The molecule has 0 N–H and O–H groups in total. The van der Waals surface area contributed by atoms with Gasteiger partial charge in [-0.15, -0.1) is 0 Å². The minimum absolute atomic E-state index is 0.0568. The molecule has 2 fully saturated rings. The van der Waals surface area contributed by atoms with Gasteiger partial charge in [-0.2, -0.15) is 4.31 Å². The molecule has 5 nitrogen and oxygen atoms in total. The van der Waals surface area contributed by atoms with Crippen LogP contribution >= 0.6 is 0 Å². The third-order valence-corrected chi connectivity index (χ3v) is 5.95. The van der Waals surface area contributed by atoms with Crippen molar-refractivity contribution in [3.63, 3.8) is 0 Å². The van der Waals surface area contributed by atoms with Gasteiger partial charge < -0.3 is 4.90 Å². The second-order valence-electron chi connectivity index (χ2n) is 5.34. The number of fused-ring (bicyclic) bond motifs is 2. The van der Waals surface area contributed by atoms with Crippen molar-refractivity contribution in [1.82, 2.24) is 9.21 Å². The van der Waals surface area contributed by atoms with Crippen LogP contribution < -0.4 is 0 Å². The summed E-state index contributed by atoms with van der Waals surface area (Å²) >= 11 is 0. The summed E-state index contributed by atoms with van der Waals surface area (Å²) in [7, 11) is -3.18. The van der Waals surface area contributed by atoms with Gasteiger partial charge in [0, 0.05) is 32.6 Å². The van der Waals surface area contributed by atoms with Gasteiger partial charge >= 0.3 is 0 Å². The van der Waals surface area contributed by atoms with Crippen LogP contribution in [0.4, 0.5) is 0 Å². The van der Waals surface area contributed by atoms with E-state index in [9.17, 15) is 13.2 Å².